The number of nitrogens with zero attached hydrogens (tertiary/aromatic N) is 1. The van der Waals surface area contributed by atoms with Gasteiger partial charge in [-0.2, -0.15) is 0 Å². The molecule has 0 unspecified atom stereocenters. The van der Waals surface area contributed by atoms with Gasteiger partial charge < -0.3 is 14.1 Å². The van der Waals surface area contributed by atoms with Crippen LogP contribution in [0.5, 0.6) is 0 Å². The number of carbonyl (C=O) groups excluding carboxylic acids is 2. The van der Waals surface area contributed by atoms with Crippen LogP contribution in [0.1, 0.15) is 10.6 Å². The summed E-state index contributed by atoms with van der Waals surface area (Å²) in [7, 11) is 2.66. The highest BCUT2D eigenvalue weighted by molar-refractivity contribution is 5.94. The van der Waals surface area contributed by atoms with Crippen molar-refractivity contribution in [2.75, 3.05) is 20.7 Å². The monoisotopic (exact) mass is 275 g/mol. The maximum Gasteiger partial charge on any atom is 0.325 e. The second kappa shape index (κ2) is 5.56. The summed E-state index contributed by atoms with van der Waals surface area (Å²) in [5, 5.41) is 0.402. The number of carbonyl (C=O) groups is 2. The lowest BCUT2D eigenvalue weighted by Gasteiger charge is -2.14. The molecule has 1 aromatic heterocycles. The van der Waals surface area contributed by atoms with Crippen LogP contribution < -0.4 is 5.43 Å². The van der Waals surface area contributed by atoms with Gasteiger partial charge in [0.25, 0.3) is 5.91 Å². The fourth-order valence-electron chi connectivity index (χ4n) is 1.73. The smallest absolute Gasteiger partial charge is 0.325 e. The summed E-state index contributed by atoms with van der Waals surface area (Å²) in [5.74, 6) is -1.22. The number of methoxy groups -OCH3 is 1. The van der Waals surface area contributed by atoms with Crippen LogP contribution in [0.4, 0.5) is 0 Å². The first-order valence-electron chi connectivity index (χ1n) is 5.88. The van der Waals surface area contributed by atoms with E-state index in [0.717, 1.165) is 11.0 Å². The first-order valence-corrected chi connectivity index (χ1v) is 5.88. The molecule has 104 valence electrons. The summed E-state index contributed by atoms with van der Waals surface area (Å²) in [6.45, 7) is -0.216. The number of hydrogen-bond donors (Lipinski definition) is 0. The number of benzene rings is 1. The third-order valence-electron chi connectivity index (χ3n) is 2.79. The Balaban J connectivity index is 2.35. The predicted octanol–water partition coefficient (Wildman–Crippen LogP) is 1.04. The lowest BCUT2D eigenvalue weighted by Crippen LogP contribution is -2.33. The topological polar surface area (TPSA) is 76.8 Å². The molecule has 0 fully saturated rings. The maximum absolute atomic E-state index is 12.1. The lowest BCUT2D eigenvalue weighted by molar-refractivity contribution is -0.141. The van der Waals surface area contributed by atoms with Crippen molar-refractivity contribution in [3.63, 3.8) is 0 Å². The maximum atomic E-state index is 12.1. The van der Waals surface area contributed by atoms with E-state index in [1.165, 1.54) is 14.2 Å². The SMILES string of the molecule is COC(=O)CN(C)C(=O)c1cc(=O)c2ccccc2o1. The molecule has 2 rings (SSSR count). The van der Waals surface area contributed by atoms with Crippen LogP contribution in [0.3, 0.4) is 0 Å². The lowest BCUT2D eigenvalue weighted by atomic mass is 10.2. The van der Waals surface area contributed by atoms with Gasteiger partial charge in [-0.15, -0.1) is 0 Å². The van der Waals surface area contributed by atoms with E-state index in [0.29, 0.717) is 11.0 Å². The zero-order valence-corrected chi connectivity index (χ0v) is 11.1. The van der Waals surface area contributed by atoms with Crippen LogP contribution in [0, 0.1) is 0 Å². The van der Waals surface area contributed by atoms with Gasteiger partial charge in [-0.05, 0) is 12.1 Å². The van der Waals surface area contributed by atoms with Crippen molar-refractivity contribution in [3.8, 4) is 0 Å². The molecule has 2 aromatic rings. The average Bonchev–Trinajstić information content (AvgIpc) is 2.46. The van der Waals surface area contributed by atoms with Crippen LogP contribution in [0.15, 0.2) is 39.5 Å². The Bertz CT molecular complexity index is 719. The van der Waals surface area contributed by atoms with E-state index < -0.39 is 11.9 Å². The Labute approximate surface area is 114 Å². The minimum Gasteiger partial charge on any atom is -0.468 e. The Kier molecular flexibility index (Phi) is 3.84. The molecule has 20 heavy (non-hydrogen) atoms. The van der Waals surface area contributed by atoms with E-state index in [-0.39, 0.29) is 17.7 Å². The number of esters is 1. The summed E-state index contributed by atoms with van der Waals surface area (Å²) in [4.78, 5) is 36.2. The van der Waals surface area contributed by atoms with E-state index >= 15 is 0 Å². The molecule has 1 heterocycles. The molecule has 0 N–H and O–H groups in total. The molecule has 0 atom stereocenters. The summed E-state index contributed by atoms with van der Waals surface area (Å²) in [5.41, 5.74) is 0.0245. The third kappa shape index (κ3) is 2.69. The quantitative estimate of drug-likeness (QED) is 0.782. The second-order valence-corrected chi connectivity index (χ2v) is 4.21. The van der Waals surface area contributed by atoms with Crippen molar-refractivity contribution in [1.29, 1.82) is 0 Å². The molecule has 0 aliphatic heterocycles. The standard InChI is InChI=1S/C14H13NO5/c1-15(8-13(17)19-2)14(18)12-7-10(16)9-5-3-4-6-11(9)20-12/h3-7H,8H2,1-2H3. The average molecular weight is 275 g/mol. The predicted molar refractivity (Wildman–Crippen MR) is 71.5 cm³/mol. The van der Waals surface area contributed by atoms with Gasteiger partial charge in [0.15, 0.2) is 11.2 Å². The molecule has 0 saturated heterocycles. The zero-order valence-electron chi connectivity index (χ0n) is 11.1. The Hall–Kier alpha value is -2.63. The molecule has 0 aliphatic rings. The van der Waals surface area contributed by atoms with Crippen molar-refractivity contribution >= 4 is 22.8 Å². The van der Waals surface area contributed by atoms with Crippen molar-refractivity contribution in [2.24, 2.45) is 0 Å². The molecular formula is C14H13NO5. The first-order chi connectivity index (χ1) is 9.52. The molecule has 6 nitrogen and oxygen atoms in total. The first kappa shape index (κ1) is 13.8. The number of amides is 1. The zero-order chi connectivity index (χ0) is 14.7. The van der Waals surface area contributed by atoms with Crippen molar-refractivity contribution in [2.45, 2.75) is 0 Å². The van der Waals surface area contributed by atoms with E-state index in [4.69, 9.17) is 4.42 Å². The van der Waals surface area contributed by atoms with Gasteiger partial charge in [0.1, 0.15) is 12.1 Å². The largest absolute Gasteiger partial charge is 0.468 e. The minimum absolute atomic E-state index is 0.111. The Morgan fingerprint density at radius 2 is 2.00 bits per heavy atom. The Morgan fingerprint density at radius 1 is 1.30 bits per heavy atom. The van der Waals surface area contributed by atoms with E-state index in [2.05, 4.69) is 4.74 Å². The third-order valence-corrected chi connectivity index (χ3v) is 2.79. The highest BCUT2D eigenvalue weighted by Crippen LogP contribution is 2.12. The summed E-state index contributed by atoms with van der Waals surface area (Å²) >= 11 is 0. The van der Waals surface area contributed by atoms with E-state index in [1.807, 2.05) is 0 Å². The van der Waals surface area contributed by atoms with Crippen LogP contribution >= 0.6 is 0 Å². The molecule has 0 aliphatic carbocycles. The fourth-order valence-corrected chi connectivity index (χ4v) is 1.73. The van der Waals surface area contributed by atoms with Crippen molar-refractivity contribution < 1.29 is 18.7 Å². The molecule has 1 amide bonds. The van der Waals surface area contributed by atoms with Crippen molar-refractivity contribution in [1.82, 2.24) is 4.90 Å². The van der Waals surface area contributed by atoms with Gasteiger partial charge in [0.05, 0.1) is 12.5 Å². The highest BCUT2D eigenvalue weighted by atomic mass is 16.5. The Morgan fingerprint density at radius 3 is 2.70 bits per heavy atom. The molecule has 0 radical (unpaired) electrons. The summed E-state index contributed by atoms with van der Waals surface area (Å²) in [6, 6.07) is 7.77. The van der Waals surface area contributed by atoms with Crippen LogP contribution in [-0.4, -0.2) is 37.5 Å². The molecule has 1 aromatic carbocycles. The van der Waals surface area contributed by atoms with Gasteiger partial charge in [0.2, 0.25) is 0 Å². The van der Waals surface area contributed by atoms with Crippen LogP contribution in [0.2, 0.25) is 0 Å². The number of para-hydroxylation sites is 1. The minimum atomic E-state index is -0.557. The fraction of sp³-hybridized carbons (Fsp3) is 0.214. The van der Waals surface area contributed by atoms with Crippen LogP contribution in [-0.2, 0) is 9.53 Å². The second-order valence-electron chi connectivity index (χ2n) is 4.21. The van der Waals surface area contributed by atoms with E-state index in [9.17, 15) is 14.4 Å². The molecule has 0 saturated carbocycles. The number of ether oxygens (including phenoxy) is 1. The normalized spacial score (nSPS) is 10.3. The number of likely N-dealkylation sites (N-methyl/N-ethyl adjacent to an activating group) is 1. The highest BCUT2D eigenvalue weighted by Gasteiger charge is 2.18. The van der Waals surface area contributed by atoms with Gasteiger partial charge in [-0.1, -0.05) is 12.1 Å². The number of hydrogen-bond acceptors (Lipinski definition) is 5. The summed E-state index contributed by atoms with van der Waals surface area (Å²) < 4.78 is 9.87. The van der Waals surface area contributed by atoms with Gasteiger partial charge in [0, 0.05) is 13.1 Å². The van der Waals surface area contributed by atoms with Gasteiger partial charge in [-0.25, -0.2) is 0 Å². The molecule has 0 bridgehead atoms. The van der Waals surface area contributed by atoms with Gasteiger partial charge in [-0.3, -0.25) is 14.4 Å². The number of fused-ring (bicyclic) bond motifs is 1. The van der Waals surface area contributed by atoms with Crippen LogP contribution in [0.25, 0.3) is 11.0 Å². The van der Waals surface area contributed by atoms with Crippen molar-refractivity contribution in [3.05, 3.63) is 46.3 Å². The molecule has 6 heteroatoms. The van der Waals surface area contributed by atoms with Gasteiger partial charge >= 0.3 is 5.97 Å². The summed E-state index contributed by atoms with van der Waals surface area (Å²) in [6.07, 6.45) is 0. The van der Waals surface area contributed by atoms with E-state index in [1.54, 1.807) is 24.3 Å². The number of rotatable bonds is 3. The molecule has 0 spiro atoms. The molecular weight excluding hydrogens is 262 g/mol.